The molecule has 0 atom stereocenters. The Labute approximate surface area is 74.9 Å². The predicted molar refractivity (Wildman–Crippen MR) is 52.3 cm³/mol. The number of aliphatic hydroxyl groups excluding tert-OH is 1. The highest BCUT2D eigenvalue weighted by Gasteiger charge is 1.86. The van der Waals surface area contributed by atoms with E-state index in [1.54, 1.807) is 0 Å². The molecule has 0 saturated carbocycles. The average Bonchev–Trinajstić information content (AvgIpc) is 2.10. The van der Waals surface area contributed by atoms with E-state index < -0.39 is 0 Å². The lowest BCUT2D eigenvalue weighted by Gasteiger charge is -2.03. The van der Waals surface area contributed by atoms with Gasteiger partial charge in [-0.15, -0.1) is 6.58 Å². The molecule has 0 aromatic heterocycles. The Hall–Kier alpha value is -0.380. The van der Waals surface area contributed by atoms with Crippen molar-refractivity contribution in [3.05, 3.63) is 12.7 Å². The van der Waals surface area contributed by atoms with Gasteiger partial charge in [0.05, 0.1) is 6.61 Å². The van der Waals surface area contributed by atoms with Crippen LogP contribution in [0.25, 0.3) is 0 Å². The summed E-state index contributed by atoms with van der Waals surface area (Å²) in [6, 6.07) is 0. The van der Waals surface area contributed by atoms with E-state index in [-0.39, 0.29) is 6.61 Å². The summed E-state index contributed by atoms with van der Waals surface area (Å²) in [6.07, 6.45) is 4.17. The zero-order valence-corrected chi connectivity index (χ0v) is 7.68. The Balaban J connectivity index is 2.77. The number of rotatable bonds is 9. The molecule has 0 bridgehead atoms. The molecular formula is C9H20N2O. The quantitative estimate of drug-likeness (QED) is 0.342. The largest absolute Gasteiger partial charge is 0.395 e. The molecular weight excluding hydrogens is 152 g/mol. The summed E-state index contributed by atoms with van der Waals surface area (Å²) >= 11 is 0. The molecule has 3 nitrogen and oxygen atoms in total. The van der Waals surface area contributed by atoms with Crippen LogP contribution >= 0.6 is 0 Å². The summed E-state index contributed by atoms with van der Waals surface area (Å²) in [5.74, 6) is 0. The summed E-state index contributed by atoms with van der Waals surface area (Å²) in [7, 11) is 0. The van der Waals surface area contributed by atoms with Crippen LogP contribution in [0, 0.1) is 0 Å². The second-order valence-electron chi connectivity index (χ2n) is 2.65. The molecule has 0 radical (unpaired) electrons. The lowest BCUT2D eigenvalue weighted by Crippen LogP contribution is -2.29. The van der Waals surface area contributed by atoms with Crippen molar-refractivity contribution in [3.8, 4) is 0 Å². The molecule has 0 fully saturated rings. The molecule has 0 unspecified atom stereocenters. The van der Waals surface area contributed by atoms with Crippen LogP contribution in [0.3, 0.4) is 0 Å². The van der Waals surface area contributed by atoms with E-state index in [2.05, 4.69) is 17.2 Å². The molecule has 0 aromatic carbocycles. The zero-order chi connectivity index (χ0) is 9.07. The topological polar surface area (TPSA) is 44.3 Å². The van der Waals surface area contributed by atoms with Crippen molar-refractivity contribution in [3.63, 3.8) is 0 Å². The monoisotopic (exact) mass is 172 g/mol. The number of allylic oxidation sites excluding steroid dienone is 1. The van der Waals surface area contributed by atoms with Crippen LogP contribution in [-0.4, -0.2) is 37.9 Å². The van der Waals surface area contributed by atoms with Crippen molar-refractivity contribution in [2.75, 3.05) is 32.8 Å². The minimum atomic E-state index is 0.219. The van der Waals surface area contributed by atoms with E-state index in [1.807, 2.05) is 6.08 Å². The van der Waals surface area contributed by atoms with Gasteiger partial charge in [-0.1, -0.05) is 6.08 Å². The first-order chi connectivity index (χ1) is 5.91. The Kier molecular flexibility index (Phi) is 10.3. The lowest BCUT2D eigenvalue weighted by molar-refractivity contribution is 0.292. The molecule has 0 spiro atoms. The predicted octanol–water partition coefficient (Wildman–Crippen LogP) is 0.124. The van der Waals surface area contributed by atoms with E-state index in [1.165, 1.54) is 0 Å². The van der Waals surface area contributed by atoms with Crippen molar-refractivity contribution in [2.24, 2.45) is 0 Å². The van der Waals surface area contributed by atoms with Gasteiger partial charge in [-0.3, -0.25) is 0 Å². The minimum absolute atomic E-state index is 0.219. The van der Waals surface area contributed by atoms with Gasteiger partial charge in [0.15, 0.2) is 0 Å². The zero-order valence-electron chi connectivity index (χ0n) is 7.68. The molecule has 3 N–H and O–H groups in total. The molecule has 0 rings (SSSR count). The highest BCUT2D eigenvalue weighted by Crippen LogP contribution is 1.84. The summed E-state index contributed by atoms with van der Waals surface area (Å²) < 4.78 is 0. The van der Waals surface area contributed by atoms with Gasteiger partial charge in [0.1, 0.15) is 0 Å². The Morgan fingerprint density at radius 2 is 1.75 bits per heavy atom. The maximum Gasteiger partial charge on any atom is 0.0555 e. The normalized spacial score (nSPS) is 10.1. The van der Waals surface area contributed by atoms with Crippen LogP contribution < -0.4 is 10.6 Å². The van der Waals surface area contributed by atoms with Gasteiger partial charge < -0.3 is 15.7 Å². The number of nitrogens with one attached hydrogen (secondary N) is 2. The van der Waals surface area contributed by atoms with Crippen LogP contribution in [0.1, 0.15) is 12.8 Å². The smallest absolute Gasteiger partial charge is 0.0555 e. The first-order valence-corrected chi connectivity index (χ1v) is 4.55. The van der Waals surface area contributed by atoms with Gasteiger partial charge >= 0.3 is 0 Å². The van der Waals surface area contributed by atoms with Gasteiger partial charge in [-0.25, -0.2) is 0 Å². The van der Waals surface area contributed by atoms with Gasteiger partial charge in [0.25, 0.3) is 0 Å². The first kappa shape index (κ1) is 11.6. The third-order valence-electron chi connectivity index (χ3n) is 1.53. The van der Waals surface area contributed by atoms with Crippen LogP contribution in [0.5, 0.6) is 0 Å². The molecule has 12 heavy (non-hydrogen) atoms. The molecule has 0 aliphatic carbocycles. The average molecular weight is 172 g/mol. The van der Waals surface area contributed by atoms with Gasteiger partial charge in [-0.2, -0.15) is 0 Å². The Bertz CT molecular complexity index is 96.5. The molecule has 0 saturated heterocycles. The number of hydrogen-bond acceptors (Lipinski definition) is 3. The summed E-state index contributed by atoms with van der Waals surface area (Å²) in [5.41, 5.74) is 0. The van der Waals surface area contributed by atoms with Gasteiger partial charge in [0.2, 0.25) is 0 Å². The SMILES string of the molecule is C=CCCCNCCNCCO. The van der Waals surface area contributed by atoms with E-state index in [0.717, 1.165) is 32.5 Å². The minimum Gasteiger partial charge on any atom is -0.395 e. The third kappa shape index (κ3) is 9.62. The Morgan fingerprint density at radius 1 is 1.08 bits per heavy atom. The van der Waals surface area contributed by atoms with Crippen LogP contribution in [0.4, 0.5) is 0 Å². The van der Waals surface area contributed by atoms with Crippen molar-refractivity contribution < 1.29 is 5.11 Å². The van der Waals surface area contributed by atoms with Crippen LogP contribution in [-0.2, 0) is 0 Å². The second-order valence-corrected chi connectivity index (χ2v) is 2.65. The molecule has 0 aliphatic rings. The van der Waals surface area contributed by atoms with E-state index >= 15 is 0 Å². The number of aliphatic hydroxyl groups is 1. The highest BCUT2D eigenvalue weighted by molar-refractivity contribution is 4.66. The molecule has 0 aromatic rings. The Morgan fingerprint density at radius 3 is 2.33 bits per heavy atom. The van der Waals surface area contributed by atoms with Crippen molar-refractivity contribution in [1.82, 2.24) is 10.6 Å². The fourth-order valence-corrected chi connectivity index (χ4v) is 0.877. The molecule has 0 aliphatic heterocycles. The third-order valence-corrected chi connectivity index (χ3v) is 1.53. The summed E-state index contributed by atoms with van der Waals surface area (Å²) in [6.45, 7) is 7.50. The maximum atomic E-state index is 8.44. The van der Waals surface area contributed by atoms with Crippen LogP contribution in [0.15, 0.2) is 12.7 Å². The first-order valence-electron chi connectivity index (χ1n) is 4.55. The van der Waals surface area contributed by atoms with Crippen molar-refractivity contribution >= 4 is 0 Å². The van der Waals surface area contributed by atoms with Crippen molar-refractivity contribution in [1.29, 1.82) is 0 Å². The molecule has 0 amide bonds. The van der Waals surface area contributed by atoms with E-state index in [9.17, 15) is 0 Å². The highest BCUT2D eigenvalue weighted by atomic mass is 16.3. The molecule has 0 heterocycles. The van der Waals surface area contributed by atoms with Gasteiger partial charge in [0, 0.05) is 19.6 Å². The van der Waals surface area contributed by atoms with Crippen LogP contribution in [0.2, 0.25) is 0 Å². The fraction of sp³-hybridized carbons (Fsp3) is 0.778. The van der Waals surface area contributed by atoms with E-state index in [0.29, 0.717) is 6.54 Å². The maximum absolute atomic E-state index is 8.44. The molecule has 3 heteroatoms. The number of hydrogen-bond donors (Lipinski definition) is 3. The van der Waals surface area contributed by atoms with Crippen molar-refractivity contribution in [2.45, 2.75) is 12.8 Å². The summed E-state index contributed by atoms with van der Waals surface area (Å²) in [4.78, 5) is 0. The number of unbranched alkanes of at least 4 members (excludes halogenated alkanes) is 1. The van der Waals surface area contributed by atoms with Gasteiger partial charge in [-0.05, 0) is 19.4 Å². The molecule has 72 valence electrons. The summed E-state index contributed by atoms with van der Waals surface area (Å²) in [5, 5.41) is 14.8. The fourth-order valence-electron chi connectivity index (χ4n) is 0.877. The lowest BCUT2D eigenvalue weighted by atomic mass is 10.3. The van der Waals surface area contributed by atoms with E-state index in [4.69, 9.17) is 5.11 Å². The standard InChI is InChI=1S/C9H20N2O/c1-2-3-4-5-10-6-7-11-8-9-12/h2,10-12H,1,3-9H2. The second kappa shape index (κ2) is 10.6.